The summed E-state index contributed by atoms with van der Waals surface area (Å²) in [5.74, 6) is -1.02. The van der Waals surface area contributed by atoms with Crippen LogP contribution in [-0.2, 0) is 4.74 Å². The van der Waals surface area contributed by atoms with Crippen molar-refractivity contribution in [2.75, 3.05) is 25.2 Å². The molecule has 0 unspecified atom stereocenters. The summed E-state index contributed by atoms with van der Waals surface area (Å²) in [6.07, 6.45) is 1.40. The first kappa shape index (κ1) is 18.0. The number of benzene rings is 2. The van der Waals surface area contributed by atoms with Gasteiger partial charge >= 0.3 is 5.97 Å². The lowest BCUT2D eigenvalue weighted by Gasteiger charge is -2.37. The van der Waals surface area contributed by atoms with Gasteiger partial charge in [-0.2, -0.15) is 0 Å². The van der Waals surface area contributed by atoms with E-state index in [1.807, 2.05) is 42.3 Å². The number of aromatic nitrogens is 1. The summed E-state index contributed by atoms with van der Waals surface area (Å²) >= 11 is 12.6. The van der Waals surface area contributed by atoms with Crippen LogP contribution in [0, 0.1) is 0 Å². The highest BCUT2D eigenvalue weighted by molar-refractivity contribution is 6.44. The number of halogens is 2. The highest BCUT2D eigenvalue weighted by atomic mass is 35.5. The summed E-state index contributed by atoms with van der Waals surface area (Å²) in [4.78, 5) is 18.2. The van der Waals surface area contributed by atoms with E-state index in [2.05, 4.69) is 4.98 Å². The molecule has 0 saturated carbocycles. The zero-order chi connectivity index (χ0) is 19.1. The van der Waals surface area contributed by atoms with Crippen LogP contribution in [0.4, 0.5) is 5.69 Å². The van der Waals surface area contributed by atoms with Gasteiger partial charge in [0.1, 0.15) is 5.56 Å². The minimum Gasteiger partial charge on any atom is -0.478 e. The zero-order valence-corrected chi connectivity index (χ0v) is 16.0. The van der Waals surface area contributed by atoms with E-state index >= 15 is 0 Å². The molecule has 0 amide bonds. The number of nitrogens with zero attached hydrogens (tertiary/aromatic N) is 2. The second kappa shape index (κ2) is 7.00. The molecule has 0 bridgehead atoms. The molecule has 1 aromatic heterocycles. The number of hydrogen-bond donors (Lipinski definition) is 1. The number of ether oxygens (including phenoxy) is 1. The third-order valence-corrected chi connectivity index (χ3v) is 5.68. The number of carbonyl (C=O) groups is 1. The van der Waals surface area contributed by atoms with Gasteiger partial charge in [0.15, 0.2) is 0 Å². The Bertz CT molecular complexity index is 1050. The molecule has 4 rings (SSSR count). The first-order valence-corrected chi connectivity index (χ1v) is 9.14. The van der Waals surface area contributed by atoms with Crippen LogP contribution in [0.15, 0.2) is 42.6 Å². The number of para-hydroxylation sites is 1. The van der Waals surface area contributed by atoms with E-state index in [4.69, 9.17) is 27.9 Å². The molecule has 1 saturated heterocycles. The molecule has 1 aliphatic rings. The van der Waals surface area contributed by atoms with Crippen LogP contribution in [0.3, 0.4) is 0 Å². The molecule has 7 heteroatoms. The van der Waals surface area contributed by atoms with E-state index in [0.717, 1.165) is 16.5 Å². The fourth-order valence-electron chi connectivity index (χ4n) is 3.30. The monoisotopic (exact) mass is 402 g/mol. The Hall–Kier alpha value is -2.34. The molecule has 5 nitrogen and oxygen atoms in total. The Morgan fingerprint density at radius 1 is 1.19 bits per heavy atom. The van der Waals surface area contributed by atoms with Crippen LogP contribution >= 0.6 is 23.2 Å². The van der Waals surface area contributed by atoms with Crippen LogP contribution in [0.25, 0.3) is 22.0 Å². The lowest BCUT2D eigenvalue weighted by Crippen LogP contribution is -2.47. The number of likely N-dealkylation sites (N-methyl/N-ethyl adjacent to an activating group) is 1. The molecule has 138 valence electrons. The zero-order valence-electron chi connectivity index (χ0n) is 14.4. The number of rotatable bonds is 4. The fraction of sp³-hybridized carbons (Fsp3) is 0.200. The van der Waals surface area contributed by atoms with Crippen molar-refractivity contribution < 1.29 is 14.6 Å². The van der Waals surface area contributed by atoms with Crippen LogP contribution in [0.5, 0.6) is 0 Å². The number of carboxylic acid groups (broad SMARTS) is 1. The first-order valence-electron chi connectivity index (χ1n) is 8.39. The predicted molar refractivity (Wildman–Crippen MR) is 107 cm³/mol. The van der Waals surface area contributed by atoms with E-state index in [9.17, 15) is 9.90 Å². The van der Waals surface area contributed by atoms with E-state index in [1.54, 1.807) is 6.07 Å². The van der Waals surface area contributed by atoms with Crippen LogP contribution in [0.1, 0.15) is 10.4 Å². The smallest absolute Gasteiger partial charge is 0.339 e. The lowest BCUT2D eigenvalue weighted by molar-refractivity contribution is 0.0101. The highest BCUT2D eigenvalue weighted by Gasteiger charge is 2.28. The molecule has 0 atom stereocenters. The minimum absolute atomic E-state index is 0.132. The van der Waals surface area contributed by atoms with Gasteiger partial charge in [-0.3, -0.25) is 4.98 Å². The molecular weight excluding hydrogens is 387 g/mol. The Balaban J connectivity index is 1.99. The summed E-state index contributed by atoms with van der Waals surface area (Å²) < 4.78 is 5.28. The summed E-state index contributed by atoms with van der Waals surface area (Å²) in [7, 11) is 1.88. The van der Waals surface area contributed by atoms with E-state index in [-0.39, 0.29) is 11.6 Å². The molecule has 27 heavy (non-hydrogen) atoms. The Morgan fingerprint density at radius 2 is 1.89 bits per heavy atom. The third kappa shape index (κ3) is 3.02. The van der Waals surface area contributed by atoms with Crippen LogP contribution < -0.4 is 4.90 Å². The lowest BCUT2D eigenvalue weighted by atomic mass is 9.98. The molecule has 0 radical (unpaired) electrons. The SMILES string of the molecule is CN(c1c(C(=O)O)cnc2c(-c3cccc(Cl)c3Cl)cccc12)C1COC1. The van der Waals surface area contributed by atoms with E-state index in [0.29, 0.717) is 34.5 Å². The standard InChI is InChI=1S/C20H16Cl2N2O3/c1-24(11-9-27-10-11)19-14-6-2-5-13(12-4-3-7-16(21)17(12)22)18(14)23-8-15(19)20(25)26/h2-8,11H,9-10H2,1H3,(H,25,26). The largest absolute Gasteiger partial charge is 0.478 e. The number of pyridine rings is 1. The molecule has 2 heterocycles. The molecule has 1 N–H and O–H groups in total. The second-order valence-electron chi connectivity index (χ2n) is 6.43. The normalized spacial score (nSPS) is 14.2. The van der Waals surface area contributed by atoms with Crippen molar-refractivity contribution in [2.24, 2.45) is 0 Å². The molecule has 0 spiro atoms. The van der Waals surface area contributed by atoms with Crippen molar-refractivity contribution in [3.05, 3.63) is 58.2 Å². The average molecular weight is 403 g/mol. The van der Waals surface area contributed by atoms with Crippen molar-refractivity contribution in [2.45, 2.75) is 6.04 Å². The van der Waals surface area contributed by atoms with Gasteiger partial charge in [0, 0.05) is 29.8 Å². The van der Waals surface area contributed by atoms with Gasteiger partial charge in [0.25, 0.3) is 0 Å². The van der Waals surface area contributed by atoms with Crippen molar-refractivity contribution in [3.63, 3.8) is 0 Å². The Morgan fingerprint density at radius 3 is 2.56 bits per heavy atom. The Kier molecular flexibility index (Phi) is 4.68. The highest BCUT2D eigenvalue weighted by Crippen LogP contribution is 2.39. The van der Waals surface area contributed by atoms with Crippen molar-refractivity contribution in [1.29, 1.82) is 0 Å². The summed E-state index contributed by atoms with van der Waals surface area (Å²) in [5.41, 5.74) is 3.02. The molecule has 2 aromatic carbocycles. The summed E-state index contributed by atoms with van der Waals surface area (Å²) in [5, 5.41) is 11.3. The molecule has 1 fully saturated rings. The maximum atomic E-state index is 11.8. The summed E-state index contributed by atoms with van der Waals surface area (Å²) in [6.45, 7) is 1.14. The van der Waals surface area contributed by atoms with Gasteiger partial charge in [-0.25, -0.2) is 4.79 Å². The van der Waals surface area contributed by atoms with Gasteiger partial charge in [-0.15, -0.1) is 0 Å². The molecule has 1 aliphatic heterocycles. The summed E-state index contributed by atoms with van der Waals surface area (Å²) in [6, 6.07) is 11.2. The fourth-order valence-corrected chi connectivity index (χ4v) is 3.71. The first-order chi connectivity index (χ1) is 13.0. The van der Waals surface area contributed by atoms with Crippen LogP contribution in [-0.4, -0.2) is 42.4 Å². The maximum Gasteiger partial charge on any atom is 0.339 e. The van der Waals surface area contributed by atoms with Crippen molar-refractivity contribution in [1.82, 2.24) is 4.98 Å². The number of fused-ring (bicyclic) bond motifs is 1. The number of anilines is 1. The van der Waals surface area contributed by atoms with Crippen molar-refractivity contribution in [3.8, 4) is 11.1 Å². The third-order valence-electron chi connectivity index (χ3n) is 4.86. The van der Waals surface area contributed by atoms with Gasteiger partial charge in [-0.05, 0) is 6.07 Å². The van der Waals surface area contributed by atoms with Gasteiger partial charge in [0.2, 0.25) is 0 Å². The van der Waals surface area contributed by atoms with Gasteiger partial charge < -0.3 is 14.7 Å². The maximum absolute atomic E-state index is 11.8. The van der Waals surface area contributed by atoms with E-state index in [1.165, 1.54) is 6.20 Å². The second-order valence-corrected chi connectivity index (χ2v) is 7.22. The van der Waals surface area contributed by atoms with Gasteiger partial charge in [0.05, 0.1) is 40.5 Å². The topological polar surface area (TPSA) is 62.7 Å². The molecular formula is C20H16Cl2N2O3. The van der Waals surface area contributed by atoms with E-state index < -0.39 is 5.97 Å². The molecule has 0 aliphatic carbocycles. The minimum atomic E-state index is -1.02. The molecule has 3 aromatic rings. The van der Waals surface area contributed by atoms with Crippen molar-refractivity contribution >= 4 is 45.8 Å². The number of carboxylic acids is 1. The average Bonchev–Trinajstić information content (AvgIpc) is 2.61. The number of aromatic carboxylic acids is 1. The quantitative estimate of drug-likeness (QED) is 0.682. The van der Waals surface area contributed by atoms with Crippen LogP contribution in [0.2, 0.25) is 10.0 Å². The van der Waals surface area contributed by atoms with Gasteiger partial charge in [-0.1, -0.05) is 53.5 Å². The predicted octanol–water partition coefficient (Wildman–Crippen LogP) is 4.74. The Labute approximate surface area is 166 Å². The number of hydrogen-bond acceptors (Lipinski definition) is 4.